The van der Waals surface area contributed by atoms with Crippen molar-refractivity contribution in [1.82, 2.24) is 24.8 Å². The molecule has 7 nitrogen and oxygen atoms in total. The number of nitrogens with zero attached hydrogens (tertiary/aromatic N) is 5. The SMILES string of the molecule is COCc1noc(CN(C)Cc2cccc(-n3cccn3)c2)n1. The van der Waals surface area contributed by atoms with E-state index in [-0.39, 0.29) is 0 Å². The number of ether oxygens (including phenoxy) is 1. The van der Waals surface area contributed by atoms with Gasteiger partial charge in [-0.25, -0.2) is 4.68 Å². The minimum absolute atomic E-state index is 0.360. The lowest BCUT2D eigenvalue weighted by atomic mass is 10.2. The zero-order chi connectivity index (χ0) is 16.1. The van der Waals surface area contributed by atoms with Crippen LogP contribution in [-0.2, 0) is 24.4 Å². The third-order valence-corrected chi connectivity index (χ3v) is 3.32. The summed E-state index contributed by atoms with van der Waals surface area (Å²) in [6, 6.07) is 10.2. The van der Waals surface area contributed by atoms with Gasteiger partial charge in [-0.3, -0.25) is 4.90 Å². The van der Waals surface area contributed by atoms with E-state index in [1.165, 1.54) is 5.56 Å². The molecule has 0 bridgehead atoms. The van der Waals surface area contributed by atoms with E-state index in [1.807, 2.05) is 36.1 Å². The molecule has 0 fully saturated rings. The van der Waals surface area contributed by atoms with Crippen LogP contribution in [0.25, 0.3) is 5.69 Å². The Morgan fingerprint density at radius 1 is 1.26 bits per heavy atom. The molecule has 2 aromatic heterocycles. The zero-order valence-electron chi connectivity index (χ0n) is 13.2. The zero-order valence-corrected chi connectivity index (χ0v) is 13.2. The predicted molar refractivity (Wildman–Crippen MR) is 83.7 cm³/mol. The molecule has 0 amide bonds. The lowest BCUT2D eigenvalue weighted by molar-refractivity contribution is 0.174. The Bertz CT molecular complexity index is 739. The van der Waals surface area contributed by atoms with Crippen molar-refractivity contribution >= 4 is 0 Å². The molecule has 120 valence electrons. The highest BCUT2D eigenvalue weighted by molar-refractivity contribution is 5.34. The van der Waals surface area contributed by atoms with Gasteiger partial charge in [0.2, 0.25) is 5.89 Å². The van der Waals surface area contributed by atoms with Crippen LogP contribution in [0.3, 0.4) is 0 Å². The molecular formula is C16H19N5O2. The lowest BCUT2D eigenvalue weighted by Crippen LogP contribution is -2.17. The van der Waals surface area contributed by atoms with Gasteiger partial charge in [-0.2, -0.15) is 10.1 Å². The topological polar surface area (TPSA) is 69.2 Å². The quantitative estimate of drug-likeness (QED) is 0.665. The highest BCUT2D eigenvalue weighted by atomic mass is 16.5. The predicted octanol–water partition coefficient (Wildman–Crippen LogP) is 2.03. The molecule has 0 spiro atoms. The largest absolute Gasteiger partial charge is 0.377 e. The van der Waals surface area contributed by atoms with Crippen molar-refractivity contribution in [3.8, 4) is 5.69 Å². The molecule has 0 aliphatic rings. The van der Waals surface area contributed by atoms with Gasteiger partial charge in [0.05, 0.1) is 12.2 Å². The van der Waals surface area contributed by atoms with E-state index in [4.69, 9.17) is 9.26 Å². The van der Waals surface area contributed by atoms with Crippen LogP contribution in [0.1, 0.15) is 17.3 Å². The van der Waals surface area contributed by atoms with Gasteiger partial charge < -0.3 is 9.26 Å². The first-order valence-electron chi connectivity index (χ1n) is 7.32. The second-order valence-corrected chi connectivity index (χ2v) is 5.33. The van der Waals surface area contributed by atoms with Crippen molar-refractivity contribution in [1.29, 1.82) is 0 Å². The fraction of sp³-hybridized carbons (Fsp3) is 0.312. The van der Waals surface area contributed by atoms with Crippen molar-refractivity contribution < 1.29 is 9.26 Å². The highest BCUT2D eigenvalue weighted by Gasteiger charge is 2.10. The van der Waals surface area contributed by atoms with Gasteiger partial charge >= 0.3 is 0 Å². The molecule has 0 atom stereocenters. The average Bonchev–Trinajstić information content (AvgIpc) is 3.20. The normalized spacial score (nSPS) is 11.3. The summed E-state index contributed by atoms with van der Waals surface area (Å²) in [5.74, 6) is 1.15. The second-order valence-electron chi connectivity index (χ2n) is 5.33. The van der Waals surface area contributed by atoms with Crippen molar-refractivity contribution in [3.63, 3.8) is 0 Å². The highest BCUT2D eigenvalue weighted by Crippen LogP contribution is 2.12. The second kappa shape index (κ2) is 7.17. The molecule has 7 heteroatoms. The Kier molecular flexibility index (Phi) is 4.80. The number of rotatable bonds is 7. The van der Waals surface area contributed by atoms with Crippen LogP contribution in [0.2, 0.25) is 0 Å². The summed E-state index contributed by atoms with van der Waals surface area (Å²) >= 11 is 0. The van der Waals surface area contributed by atoms with Crippen LogP contribution in [-0.4, -0.2) is 39.0 Å². The summed E-state index contributed by atoms with van der Waals surface area (Å²) in [6.07, 6.45) is 3.70. The van der Waals surface area contributed by atoms with Crippen LogP contribution >= 0.6 is 0 Å². The summed E-state index contributed by atoms with van der Waals surface area (Å²) < 4.78 is 12.0. The fourth-order valence-corrected chi connectivity index (χ4v) is 2.36. The molecule has 0 radical (unpaired) electrons. The maximum Gasteiger partial charge on any atom is 0.240 e. The minimum atomic E-state index is 0.360. The molecule has 3 rings (SSSR count). The molecule has 3 aromatic rings. The molecule has 1 aromatic carbocycles. The summed E-state index contributed by atoms with van der Waals surface area (Å²) in [5, 5.41) is 8.12. The van der Waals surface area contributed by atoms with Gasteiger partial charge in [-0.15, -0.1) is 0 Å². The first-order valence-corrected chi connectivity index (χ1v) is 7.32. The number of benzene rings is 1. The molecule has 0 aliphatic carbocycles. The fourth-order valence-electron chi connectivity index (χ4n) is 2.36. The number of methoxy groups -OCH3 is 1. The third-order valence-electron chi connectivity index (χ3n) is 3.32. The van der Waals surface area contributed by atoms with Gasteiger partial charge in [-0.05, 0) is 30.8 Å². The van der Waals surface area contributed by atoms with Crippen molar-refractivity contribution in [2.75, 3.05) is 14.2 Å². The van der Waals surface area contributed by atoms with Gasteiger partial charge in [-0.1, -0.05) is 17.3 Å². The van der Waals surface area contributed by atoms with E-state index in [1.54, 1.807) is 13.3 Å². The van der Waals surface area contributed by atoms with Crippen molar-refractivity contribution in [2.24, 2.45) is 0 Å². The smallest absolute Gasteiger partial charge is 0.240 e. The molecule has 0 N–H and O–H groups in total. The van der Waals surface area contributed by atoms with E-state index in [2.05, 4.69) is 32.3 Å². The van der Waals surface area contributed by atoms with E-state index < -0.39 is 0 Å². The molecule has 0 saturated heterocycles. The van der Waals surface area contributed by atoms with E-state index in [0.29, 0.717) is 24.9 Å². The summed E-state index contributed by atoms with van der Waals surface area (Å²) in [4.78, 5) is 6.40. The first kappa shape index (κ1) is 15.4. The lowest BCUT2D eigenvalue weighted by Gasteiger charge is -2.14. The average molecular weight is 313 g/mol. The molecule has 2 heterocycles. The van der Waals surface area contributed by atoms with E-state index in [9.17, 15) is 0 Å². The Labute approximate surface area is 134 Å². The molecule has 0 unspecified atom stereocenters. The Morgan fingerprint density at radius 2 is 2.17 bits per heavy atom. The Morgan fingerprint density at radius 3 is 2.96 bits per heavy atom. The summed E-state index contributed by atoms with van der Waals surface area (Å²) in [6.45, 7) is 1.72. The van der Waals surface area contributed by atoms with Crippen LogP contribution in [0.15, 0.2) is 47.2 Å². The van der Waals surface area contributed by atoms with Crippen molar-refractivity contribution in [2.45, 2.75) is 19.7 Å². The Balaban J connectivity index is 1.63. The van der Waals surface area contributed by atoms with Crippen LogP contribution in [0.4, 0.5) is 0 Å². The standard InChI is InChI=1S/C16H19N5O2/c1-20(11-16-18-15(12-22-2)19-23-16)10-13-5-3-6-14(9-13)21-8-4-7-17-21/h3-9H,10-12H2,1-2H3. The monoisotopic (exact) mass is 313 g/mol. The number of hydrogen-bond acceptors (Lipinski definition) is 6. The van der Waals surface area contributed by atoms with Crippen LogP contribution < -0.4 is 0 Å². The molecule has 0 saturated carbocycles. The van der Waals surface area contributed by atoms with Crippen LogP contribution in [0, 0.1) is 0 Å². The first-order chi connectivity index (χ1) is 11.2. The third kappa shape index (κ3) is 4.02. The van der Waals surface area contributed by atoms with Gasteiger partial charge in [0.15, 0.2) is 5.82 Å². The summed E-state index contributed by atoms with van der Waals surface area (Å²) in [5.41, 5.74) is 2.23. The molecule has 0 aliphatic heterocycles. The maximum atomic E-state index is 5.21. The minimum Gasteiger partial charge on any atom is -0.377 e. The van der Waals surface area contributed by atoms with E-state index >= 15 is 0 Å². The maximum absolute atomic E-state index is 5.21. The number of hydrogen-bond donors (Lipinski definition) is 0. The molecular weight excluding hydrogens is 294 g/mol. The molecule has 23 heavy (non-hydrogen) atoms. The van der Waals surface area contributed by atoms with E-state index in [0.717, 1.165) is 12.2 Å². The van der Waals surface area contributed by atoms with Gasteiger partial charge in [0.25, 0.3) is 0 Å². The number of aromatic nitrogens is 4. The van der Waals surface area contributed by atoms with Crippen molar-refractivity contribution in [3.05, 3.63) is 60.0 Å². The van der Waals surface area contributed by atoms with Crippen LogP contribution in [0.5, 0.6) is 0 Å². The van der Waals surface area contributed by atoms with Gasteiger partial charge in [0, 0.05) is 26.0 Å². The Hall–Kier alpha value is -2.51. The van der Waals surface area contributed by atoms with Gasteiger partial charge in [0.1, 0.15) is 6.61 Å². The summed E-state index contributed by atoms with van der Waals surface area (Å²) in [7, 11) is 3.62.